The fourth-order valence-electron chi connectivity index (χ4n) is 6.00. The molecular weight excluding hydrogens is 552 g/mol. The zero-order valence-corrected chi connectivity index (χ0v) is 22.7. The van der Waals surface area contributed by atoms with Crippen LogP contribution in [0.25, 0.3) is 0 Å². The maximum absolute atomic E-state index is 14.0. The van der Waals surface area contributed by atoms with Crippen LogP contribution in [0, 0.1) is 0 Å². The maximum atomic E-state index is 14.0. The molecule has 214 valence electrons. The third kappa shape index (κ3) is 3.47. The van der Waals surface area contributed by atoms with Gasteiger partial charge in [0.1, 0.15) is 34.8 Å². The Morgan fingerprint density at radius 1 is 0.619 bits per heavy atom. The molecule has 0 saturated carbocycles. The van der Waals surface area contributed by atoms with E-state index in [-0.39, 0.29) is 46.2 Å². The predicted octanol–water partition coefficient (Wildman–Crippen LogP) is 2.56. The Morgan fingerprint density at radius 3 is 1.31 bits per heavy atom. The van der Waals surface area contributed by atoms with Crippen molar-refractivity contribution < 1.29 is 57.9 Å². The molecule has 2 N–H and O–H groups in total. The van der Waals surface area contributed by atoms with Gasteiger partial charge >= 0.3 is 11.9 Å². The molecule has 4 aliphatic rings. The van der Waals surface area contributed by atoms with Gasteiger partial charge in [0, 0.05) is 24.0 Å². The van der Waals surface area contributed by atoms with Crippen molar-refractivity contribution in [1.29, 1.82) is 0 Å². The number of hydrogen-bond donors (Lipinski definition) is 2. The van der Waals surface area contributed by atoms with E-state index < -0.39 is 92.6 Å². The van der Waals surface area contributed by atoms with E-state index in [1.165, 1.54) is 12.1 Å². The number of Topliss-reactive ketones (excluding diaryl/α,β-unsaturated/α-hetero) is 4. The second kappa shape index (κ2) is 9.13. The van der Waals surface area contributed by atoms with Crippen LogP contribution in [0.2, 0.25) is 0 Å². The number of ether oxygens (including phenoxy) is 4. The molecule has 2 atom stereocenters. The van der Waals surface area contributed by atoms with E-state index in [2.05, 4.69) is 0 Å². The van der Waals surface area contributed by atoms with E-state index in [0.717, 1.165) is 14.2 Å². The zero-order valence-electron chi connectivity index (χ0n) is 22.7. The lowest BCUT2D eigenvalue weighted by molar-refractivity contribution is 0.0285. The number of carbonyl (C=O) groups excluding carboxylic acids is 6. The second-order valence-corrected chi connectivity index (χ2v) is 10.3. The number of rotatable bonds is 3. The van der Waals surface area contributed by atoms with Crippen LogP contribution < -0.4 is 0 Å². The molecular formula is C30H22O12. The number of carbonyl (C=O) groups is 6. The fourth-order valence-corrected chi connectivity index (χ4v) is 6.00. The molecule has 0 spiro atoms. The van der Waals surface area contributed by atoms with E-state index >= 15 is 0 Å². The molecule has 12 nitrogen and oxygen atoms in total. The van der Waals surface area contributed by atoms with Crippen molar-refractivity contribution in [2.45, 2.75) is 38.9 Å². The van der Waals surface area contributed by atoms with Crippen molar-refractivity contribution in [3.8, 4) is 11.5 Å². The number of hydrogen-bond acceptors (Lipinski definition) is 12. The van der Waals surface area contributed by atoms with E-state index in [1.54, 1.807) is 13.8 Å². The molecule has 6 rings (SSSR count). The molecule has 0 aromatic heterocycles. The molecule has 42 heavy (non-hydrogen) atoms. The SMILES string of the molecule is COC1=C(C2=C(OC)C(=O)c3cc4c(c(O)c3C2=O)C(=O)O[C@@H](C)C4)C(=O)c2c(cc3c(c2O)C(=O)O[C@H](C)C3)C1=O. The van der Waals surface area contributed by atoms with Crippen molar-refractivity contribution in [2.75, 3.05) is 14.2 Å². The first-order valence-corrected chi connectivity index (χ1v) is 12.9. The highest BCUT2D eigenvalue weighted by atomic mass is 16.5. The molecule has 2 aromatic carbocycles. The number of allylic oxidation sites excluding steroid dienone is 4. The first-order valence-electron chi connectivity index (χ1n) is 12.9. The van der Waals surface area contributed by atoms with Crippen molar-refractivity contribution in [2.24, 2.45) is 0 Å². The lowest BCUT2D eigenvalue weighted by atomic mass is 9.75. The van der Waals surface area contributed by atoms with Gasteiger partial charge < -0.3 is 29.2 Å². The molecule has 0 amide bonds. The van der Waals surface area contributed by atoms with Gasteiger partial charge in [0.2, 0.25) is 23.1 Å². The standard InChI is InChI=1S/C30H22O12/c1-9-5-11-7-13-17(23(33)15(11)29(37)41-9)25(35)19(27(39-3)21(13)31)20-26(36)18-14(22(32)28(20)40-4)8-12-6-10(2)42-30(38)16(12)24(18)34/h7-10,33-34H,5-6H2,1-4H3/t9-,10+. The number of cyclic esters (lactones) is 2. The van der Waals surface area contributed by atoms with Gasteiger partial charge in [0.25, 0.3) is 0 Å². The van der Waals surface area contributed by atoms with E-state index in [0.29, 0.717) is 0 Å². The van der Waals surface area contributed by atoms with E-state index in [9.17, 15) is 39.0 Å². The Balaban J connectivity index is 1.60. The van der Waals surface area contributed by atoms with E-state index in [1.807, 2.05) is 0 Å². The Hall–Kier alpha value is -5.26. The summed E-state index contributed by atoms with van der Waals surface area (Å²) >= 11 is 0. The lowest BCUT2D eigenvalue weighted by Gasteiger charge is -2.29. The number of ketones is 4. The van der Waals surface area contributed by atoms with Crippen molar-refractivity contribution in [1.82, 2.24) is 0 Å². The molecule has 0 fully saturated rings. The van der Waals surface area contributed by atoms with E-state index in [4.69, 9.17) is 18.9 Å². The monoisotopic (exact) mass is 574 g/mol. The molecule has 2 aliphatic heterocycles. The van der Waals surface area contributed by atoms with Crippen LogP contribution >= 0.6 is 0 Å². The smallest absolute Gasteiger partial charge is 0.342 e. The van der Waals surface area contributed by atoms with Crippen molar-refractivity contribution in [3.63, 3.8) is 0 Å². The van der Waals surface area contributed by atoms with Gasteiger partial charge in [0.05, 0.1) is 36.5 Å². The molecule has 2 aliphatic carbocycles. The first kappa shape index (κ1) is 26.9. The third-order valence-electron chi connectivity index (χ3n) is 7.73. The predicted molar refractivity (Wildman–Crippen MR) is 139 cm³/mol. The van der Waals surface area contributed by atoms with Crippen molar-refractivity contribution >= 4 is 35.1 Å². The van der Waals surface area contributed by atoms with Gasteiger partial charge in [-0.05, 0) is 37.1 Å². The summed E-state index contributed by atoms with van der Waals surface area (Å²) in [4.78, 5) is 80.7. The average molecular weight is 574 g/mol. The van der Waals surface area contributed by atoms with Gasteiger partial charge in [-0.2, -0.15) is 0 Å². The topological polar surface area (TPSA) is 180 Å². The molecule has 0 saturated heterocycles. The number of phenolic OH excluding ortho intramolecular Hbond substituents is 2. The molecule has 0 radical (unpaired) electrons. The summed E-state index contributed by atoms with van der Waals surface area (Å²) in [5.74, 6) is -8.77. The Bertz CT molecular complexity index is 1670. The van der Waals surface area contributed by atoms with Crippen LogP contribution in [0.5, 0.6) is 11.5 Å². The minimum atomic E-state index is -1.12. The van der Waals surface area contributed by atoms with Gasteiger partial charge in [0.15, 0.2) is 11.5 Å². The number of fused-ring (bicyclic) bond motifs is 4. The van der Waals surface area contributed by atoms with Gasteiger partial charge in [-0.15, -0.1) is 0 Å². The summed E-state index contributed by atoms with van der Waals surface area (Å²) in [6.07, 6.45) is -0.778. The third-order valence-corrected chi connectivity index (χ3v) is 7.73. The Labute approximate surface area is 237 Å². The average Bonchev–Trinajstić information content (AvgIpc) is 2.91. The normalized spacial score (nSPS) is 21.3. The van der Waals surface area contributed by atoms with Crippen LogP contribution in [0.1, 0.15) is 87.1 Å². The largest absolute Gasteiger partial charge is 0.506 e. The minimum Gasteiger partial charge on any atom is -0.506 e. The summed E-state index contributed by atoms with van der Waals surface area (Å²) in [6.45, 7) is 3.25. The number of benzene rings is 2. The van der Waals surface area contributed by atoms with Gasteiger partial charge in [-0.3, -0.25) is 19.2 Å². The quantitative estimate of drug-likeness (QED) is 0.512. The van der Waals surface area contributed by atoms with Crippen LogP contribution in [0.4, 0.5) is 0 Å². The fraction of sp³-hybridized carbons (Fsp3) is 0.267. The number of esters is 2. The Morgan fingerprint density at radius 2 is 0.976 bits per heavy atom. The summed E-state index contributed by atoms with van der Waals surface area (Å²) in [5.41, 5.74) is -3.24. The molecule has 2 heterocycles. The summed E-state index contributed by atoms with van der Waals surface area (Å²) in [6, 6.07) is 2.58. The zero-order chi connectivity index (χ0) is 30.4. The molecule has 12 heteroatoms. The van der Waals surface area contributed by atoms with Crippen molar-refractivity contribution in [3.05, 3.63) is 79.3 Å². The molecule has 2 aromatic rings. The van der Waals surface area contributed by atoms with Crippen LogP contribution in [-0.4, -0.2) is 71.7 Å². The second-order valence-electron chi connectivity index (χ2n) is 10.3. The summed E-state index contributed by atoms with van der Waals surface area (Å²) < 4.78 is 20.9. The number of phenols is 2. The number of methoxy groups -OCH3 is 2. The van der Waals surface area contributed by atoms with Crippen LogP contribution in [0.15, 0.2) is 34.8 Å². The highest BCUT2D eigenvalue weighted by Crippen LogP contribution is 2.45. The number of aromatic hydroxyl groups is 2. The molecule has 0 bridgehead atoms. The van der Waals surface area contributed by atoms with Gasteiger partial charge in [-0.1, -0.05) is 0 Å². The first-order chi connectivity index (χ1) is 19.9. The minimum absolute atomic E-state index is 0.163. The molecule has 0 unspecified atom stereocenters. The highest BCUT2D eigenvalue weighted by Gasteiger charge is 2.47. The Kier molecular flexibility index (Phi) is 5.85. The summed E-state index contributed by atoms with van der Waals surface area (Å²) in [5, 5.41) is 22.2. The highest BCUT2D eigenvalue weighted by molar-refractivity contribution is 6.37. The van der Waals surface area contributed by atoms with Crippen LogP contribution in [-0.2, 0) is 31.8 Å². The lowest BCUT2D eigenvalue weighted by Crippen LogP contribution is -2.33. The summed E-state index contributed by atoms with van der Waals surface area (Å²) in [7, 11) is 2.15. The maximum Gasteiger partial charge on any atom is 0.342 e. The van der Waals surface area contributed by atoms with Gasteiger partial charge in [-0.25, -0.2) is 9.59 Å². The van der Waals surface area contributed by atoms with Crippen LogP contribution in [0.3, 0.4) is 0 Å².